The second-order valence-electron chi connectivity index (χ2n) is 9.48. The van der Waals surface area contributed by atoms with E-state index >= 15 is 0 Å². The van der Waals surface area contributed by atoms with Gasteiger partial charge in [0, 0.05) is 21.3 Å². The van der Waals surface area contributed by atoms with Crippen LogP contribution in [0.5, 0.6) is 0 Å². The van der Waals surface area contributed by atoms with Gasteiger partial charge in [0.25, 0.3) is 0 Å². The maximum absolute atomic E-state index is 14.1. The molecule has 3 aliphatic rings. The Kier molecular flexibility index (Phi) is 12.8. The average molecular weight is 626 g/mol. The summed E-state index contributed by atoms with van der Waals surface area (Å²) in [6, 6.07) is 0. The average Bonchev–Trinajstić information content (AvgIpc) is 2.94. The van der Waals surface area contributed by atoms with Crippen molar-refractivity contribution in [2.45, 2.75) is 92.1 Å². The molecule has 15 atom stereocenters. The highest BCUT2D eigenvalue weighted by Crippen LogP contribution is 2.56. The number of phosphoric ester groups is 1. The molecular weight excluding hydrogens is 587 g/mol. The van der Waals surface area contributed by atoms with E-state index in [-0.39, 0.29) is 0 Å². The Hall–Kier alpha value is -0.490. The van der Waals surface area contributed by atoms with Gasteiger partial charge in [-0.15, -0.1) is 0 Å². The first-order chi connectivity index (χ1) is 19.4. The van der Waals surface area contributed by atoms with Crippen molar-refractivity contribution in [3.8, 4) is 0 Å². The van der Waals surface area contributed by atoms with Crippen LogP contribution in [0.3, 0.4) is 0 Å². The van der Waals surface area contributed by atoms with Crippen LogP contribution < -0.4 is 0 Å². The molecule has 3 rings (SSSR count). The summed E-state index contributed by atoms with van der Waals surface area (Å²) in [5.41, 5.74) is 0. The maximum Gasteiger partial charge on any atom is 0.482 e. The number of rotatable bonds is 12. The summed E-state index contributed by atoms with van der Waals surface area (Å²) >= 11 is 0. The summed E-state index contributed by atoms with van der Waals surface area (Å²) in [6.45, 7) is -2.40. The highest BCUT2D eigenvalue weighted by Gasteiger charge is 2.55. The number of aliphatic hydroxyl groups is 9. The molecule has 0 saturated carbocycles. The van der Waals surface area contributed by atoms with Crippen LogP contribution in [0.4, 0.5) is 0 Å². The van der Waals surface area contributed by atoms with E-state index in [9.17, 15) is 50.5 Å². The molecule has 0 spiro atoms. The van der Waals surface area contributed by atoms with Gasteiger partial charge in [0.2, 0.25) is 0 Å². The van der Waals surface area contributed by atoms with Crippen molar-refractivity contribution in [2.75, 3.05) is 41.2 Å². The lowest BCUT2D eigenvalue weighted by atomic mass is 9.99. The van der Waals surface area contributed by atoms with Crippen LogP contribution in [0, 0.1) is 0 Å². The summed E-state index contributed by atoms with van der Waals surface area (Å²) in [4.78, 5) is 0. The predicted octanol–water partition coefficient (Wildman–Crippen LogP) is -5.49. The molecule has 3 heterocycles. The highest BCUT2D eigenvalue weighted by molar-refractivity contribution is 7.48. The zero-order valence-electron chi connectivity index (χ0n) is 22.3. The Labute approximate surface area is 234 Å². The van der Waals surface area contributed by atoms with E-state index in [0.29, 0.717) is 0 Å². The van der Waals surface area contributed by atoms with Crippen LogP contribution in [0.15, 0.2) is 0 Å². The number of ether oxygens (including phenoxy) is 6. The van der Waals surface area contributed by atoms with E-state index in [1.165, 1.54) is 0 Å². The van der Waals surface area contributed by atoms with Gasteiger partial charge in [-0.2, -0.15) is 0 Å². The number of phosphoric acid groups is 1. The van der Waals surface area contributed by atoms with Crippen molar-refractivity contribution in [1.82, 2.24) is 0 Å². The lowest BCUT2D eigenvalue weighted by Crippen LogP contribution is -2.61. The molecule has 0 amide bonds. The second-order valence-corrected chi connectivity index (χ2v) is 11.0. The molecule has 20 heteroatoms. The zero-order chi connectivity index (χ0) is 30.6. The van der Waals surface area contributed by atoms with Crippen molar-refractivity contribution < 1.29 is 92.5 Å². The Balaban J connectivity index is 1.96. The molecule has 19 nitrogen and oxygen atoms in total. The normalized spacial score (nSPS) is 46.0. The van der Waals surface area contributed by atoms with Gasteiger partial charge in [-0.1, -0.05) is 0 Å². The molecule has 3 aliphatic heterocycles. The van der Waals surface area contributed by atoms with Gasteiger partial charge in [-0.25, -0.2) is 4.57 Å². The third-order valence-corrected chi connectivity index (χ3v) is 8.38. The molecule has 0 unspecified atom stereocenters. The van der Waals surface area contributed by atoms with Crippen LogP contribution in [0.1, 0.15) is 0 Å². The van der Waals surface area contributed by atoms with Gasteiger partial charge in [0.1, 0.15) is 73.2 Å². The van der Waals surface area contributed by atoms with E-state index in [4.69, 9.17) is 42.0 Å². The summed E-state index contributed by atoms with van der Waals surface area (Å²) in [7, 11) is -1.97. The van der Waals surface area contributed by atoms with E-state index in [1.807, 2.05) is 0 Å². The van der Waals surface area contributed by atoms with Gasteiger partial charge in [0.15, 0.2) is 18.9 Å². The topological polar surface area (TPSA) is 282 Å². The number of aliphatic hydroxyl groups excluding tert-OH is 9. The van der Waals surface area contributed by atoms with Crippen molar-refractivity contribution in [3.05, 3.63) is 0 Å². The predicted molar refractivity (Wildman–Crippen MR) is 127 cm³/mol. The number of hydrogen-bond acceptors (Lipinski definition) is 19. The molecule has 0 aromatic rings. The van der Waals surface area contributed by atoms with Crippen molar-refractivity contribution >= 4 is 7.82 Å². The molecule has 3 fully saturated rings. The molecular formula is C21H39O19P. The Morgan fingerprint density at radius 1 is 0.512 bits per heavy atom. The van der Waals surface area contributed by atoms with Crippen molar-refractivity contribution in [2.24, 2.45) is 0 Å². The highest BCUT2D eigenvalue weighted by atomic mass is 31.2. The standard InChI is InChI=1S/C21H39O19P/c1-32-16-10(25)7(4-22)35-19(13(16)28)38-41(31,39-20-14(29)17(33-2)11(26)8(5-23)36-20)40-21-15(30)18(34-3)12(27)9(6-24)37-21/h7-30H,4-6H2,1-3H3/t7-,8-,9-,10-,11-,12-,13+,14+,15+,16+,17+,18+,19-,20-,21-/m1/s1. The molecule has 0 aromatic heterocycles. The van der Waals surface area contributed by atoms with Crippen LogP contribution in [0.2, 0.25) is 0 Å². The molecule has 0 aromatic carbocycles. The Bertz CT molecular complexity index is 749. The van der Waals surface area contributed by atoms with Gasteiger partial charge < -0.3 is 74.4 Å². The molecule has 242 valence electrons. The first-order valence-electron chi connectivity index (χ1n) is 12.5. The monoisotopic (exact) mass is 626 g/mol. The third-order valence-electron chi connectivity index (χ3n) is 6.98. The summed E-state index contributed by atoms with van der Waals surface area (Å²) in [5.74, 6) is 0. The fraction of sp³-hybridized carbons (Fsp3) is 1.00. The minimum absolute atomic E-state index is 0.800. The molecule has 41 heavy (non-hydrogen) atoms. The minimum atomic E-state index is -5.33. The molecule has 9 N–H and O–H groups in total. The second kappa shape index (κ2) is 15.0. The fourth-order valence-corrected chi connectivity index (χ4v) is 6.15. The van der Waals surface area contributed by atoms with E-state index < -0.39 is 120 Å². The summed E-state index contributed by atoms with van der Waals surface area (Å²) < 4.78 is 61.3. The third kappa shape index (κ3) is 7.43. The van der Waals surface area contributed by atoms with E-state index in [2.05, 4.69) is 0 Å². The first-order valence-corrected chi connectivity index (χ1v) is 14.0. The van der Waals surface area contributed by atoms with Crippen LogP contribution in [-0.4, -0.2) is 179 Å². The zero-order valence-corrected chi connectivity index (χ0v) is 23.2. The lowest BCUT2D eigenvalue weighted by molar-refractivity contribution is -0.314. The molecule has 0 radical (unpaired) electrons. The fourth-order valence-electron chi connectivity index (χ4n) is 4.71. The Morgan fingerprint density at radius 2 is 0.756 bits per heavy atom. The van der Waals surface area contributed by atoms with Crippen LogP contribution in [0.25, 0.3) is 0 Å². The molecule has 3 saturated heterocycles. The van der Waals surface area contributed by atoms with Crippen LogP contribution in [-0.2, 0) is 46.6 Å². The van der Waals surface area contributed by atoms with Gasteiger partial charge in [0.05, 0.1) is 19.8 Å². The number of methoxy groups -OCH3 is 3. The minimum Gasteiger partial charge on any atom is -0.394 e. The molecule has 0 bridgehead atoms. The van der Waals surface area contributed by atoms with E-state index in [0.717, 1.165) is 21.3 Å². The largest absolute Gasteiger partial charge is 0.482 e. The van der Waals surface area contributed by atoms with Crippen molar-refractivity contribution in [1.29, 1.82) is 0 Å². The van der Waals surface area contributed by atoms with Gasteiger partial charge in [-0.05, 0) is 0 Å². The Morgan fingerprint density at radius 3 is 0.951 bits per heavy atom. The summed E-state index contributed by atoms with van der Waals surface area (Å²) in [6.07, 6.45) is -24.9. The smallest absolute Gasteiger partial charge is 0.394 e. The first kappa shape index (κ1) is 35.0. The van der Waals surface area contributed by atoms with E-state index in [1.54, 1.807) is 0 Å². The SMILES string of the molecule is CO[C@@H]1[C@H](O)[C@@H](OP(=O)(O[C@H]2O[C@H](CO)[C@@H](O)[C@H](OC)[C@@H]2O)O[C@H]2O[C@H](CO)[C@@H](O)[C@H](OC)[C@@H]2O)O[C@H](CO)[C@H]1O. The molecule has 0 aliphatic carbocycles. The number of hydrogen-bond donors (Lipinski definition) is 9. The lowest BCUT2D eigenvalue weighted by Gasteiger charge is -2.45. The van der Waals surface area contributed by atoms with Gasteiger partial charge in [-0.3, -0.25) is 13.6 Å². The maximum atomic E-state index is 14.1. The van der Waals surface area contributed by atoms with Crippen molar-refractivity contribution in [3.63, 3.8) is 0 Å². The van der Waals surface area contributed by atoms with Gasteiger partial charge >= 0.3 is 7.82 Å². The quantitative estimate of drug-likeness (QED) is 0.0913. The summed E-state index contributed by atoms with van der Waals surface area (Å²) in [5, 5.41) is 91.8. The van der Waals surface area contributed by atoms with Crippen LogP contribution >= 0.6 is 7.82 Å².